The highest BCUT2D eigenvalue weighted by molar-refractivity contribution is 5.05. The third kappa shape index (κ3) is 3.67. The highest BCUT2D eigenvalue weighted by Gasteiger charge is 2.32. The van der Waals surface area contributed by atoms with Crippen LogP contribution in [-0.2, 0) is 4.74 Å². The Labute approximate surface area is 132 Å². The molecule has 0 radical (unpaired) electrons. The molecule has 0 amide bonds. The van der Waals surface area contributed by atoms with Crippen LogP contribution in [0.1, 0.15) is 57.3 Å². The summed E-state index contributed by atoms with van der Waals surface area (Å²) in [5, 5.41) is 4.14. The van der Waals surface area contributed by atoms with Crippen molar-refractivity contribution >= 4 is 0 Å². The zero-order valence-corrected chi connectivity index (χ0v) is 14.0. The normalized spacial score (nSPS) is 25.5. The van der Waals surface area contributed by atoms with Crippen LogP contribution in [-0.4, -0.2) is 65.4 Å². The minimum atomic E-state index is 0.205. The largest absolute Gasteiger partial charge is 0.380 e. The number of rotatable bonds is 7. The Morgan fingerprint density at radius 2 is 2.18 bits per heavy atom. The molecular formula is C16H28N4O2. The molecule has 1 aliphatic heterocycles. The fraction of sp³-hybridized carbons (Fsp3) is 0.875. The van der Waals surface area contributed by atoms with Crippen molar-refractivity contribution in [3.05, 3.63) is 11.7 Å². The van der Waals surface area contributed by atoms with Crippen LogP contribution in [0.25, 0.3) is 0 Å². The van der Waals surface area contributed by atoms with Crippen LogP contribution in [0.4, 0.5) is 0 Å². The minimum Gasteiger partial charge on any atom is -0.380 e. The number of ether oxygens (including phenoxy) is 1. The summed E-state index contributed by atoms with van der Waals surface area (Å²) >= 11 is 0. The molecule has 1 saturated carbocycles. The average molecular weight is 308 g/mol. The van der Waals surface area contributed by atoms with Crippen molar-refractivity contribution in [3.8, 4) is 0 Å². The van der Waals surface area contributed by atoms with Crippen LogP contribution >= 0.6 is 0 Å². The van der Waals surface area contributed by atoms with Gasteiger partial charge in [0.1, 0.15) is 0 Å². The number of hydrogen-bond acceptors (Lipinski definition) is 6. The van der Waals surface area contributed by atoms with Crippen molar-refractivity contribution in [3.63, 3.8) is 0 Å². The second kappa shape index (κ2) is 7.06. The Kier molecular flexibility index (Phi) is 5.10. The van der Waals surface area contributed by atoms with E-state index in [1.807, 2.05) is 6.92 Å². The van der Waals surface area contributed by atoms with Crippen molar-refractivity contribution in [2.45, 2.75) is 51.6 Å². The van der Waals surface area contributed by atoms with Crippen LogP contribution in [0.5, 0.6) is 0 Å². The molecule has 1 aliphatic carbocycles. The van der Waals surface area contributed by atoms with Gasteiger partial charge in [0.2, 0.25) is 5.89 Å². The molecule has 2 heterocycles. The third-order valence-corrected chi connectivity index (χ3v) is 4.83. The Morgan fingerprint density at radius 1 is 1.36 bits per heavy atom. The SMILES string of the molecule is CCOCCN1CCN([C@H](C)c2nc(C3CC3)no2)C[C@H]1C. The van der Waals surface area contributed by atoms with Gasteiger partial charge in [0.15, 0.2) is 5.82 Å². The summed E-state index contributed by atoms with van der Waals surface area (Å²) in [6.07, 6.45) is 2.42. The highest BCUT2D eigenvalue weighted by Crippen LogP contribution is 2.38. The molecule has 2 aliphatic rings. The second-order valence-electron chi connectivity index (χ2n) is 6.52. The van der Waals surface area contributed by atoms with E-state index in [9.17, 15) is 0 Å². The first-order valence-corrected chi connectivity index (χ1v) is 8.58. The summed E-state index contributed by atoms with van der Waals surface area (Å²) in [5.74, 6) is 2.24. The van der Waals surface area contributed by atoms with Gasteiger partial charge in [0.25, 0.3) is 0 Å². The Balaban J connectivity index is 1.52. The van der Waals surface area contributed by atoms with Crippen LogP contribution in [0.2, 0.25) is 0 Å². The molecule has 2 fully saturated rings. The second-order valence-corrected chi connectivity index (χ2v) is 6.52. The lowest BCUT2D eigenvalue weighted by molar-refractivity contribution is 0.0290. The molecule has 1 aromatic heterocycles. The van der Waals surface area contributed by atoms with Crippen LogP contribution in [0.15, 0.2) is 4.52 Å². The predicted octanol–water partition coefficient (Wildman–Crippen LogP) is 2.05. The Bertz CT molecular complexity index is 474. The van der Waals surface area contributed by atoms with Crippen LogP contribution < -0.4 is 0 Å². The van der Waals surface area contributed by atoms with E-state index in [1.54, 1.807) is 0 Å². The topological polar surface area (TPSA) is 54.6 Å². The lowest BCUT2D eigenvalue weighted by Gasteiger charge is -2.41. The van der Waals surface area contributed by atoms with Gasteiger partial charge in [-0.3, -0.25) is 9.80 Å². The van der Waals surface area contributed by atoms with Gasteiger partial charge in [0.05, 0.1) is 12.6 Å². The molecule has 3 rings (SSSR count). The molecule has 6 nitrogen and oxygen atoms in total. The fourth-order valence-corrected chi connectivity index (χ4v) is 3.11. The zero-order chi connectivity index (χ0) is 15.5. The maximum atomic E-state index is 5.49. The predicted molar refractivity (Wildman–Crippen MR) is 83.8 cm³/mol. The zero-order valence-electron chi connectivity index (χ0n) is 14.0. The van der Waals surface area contributed by atoms with Gasteiger partial charge >= 0.3 is 0 Å². The van der Waals surface area contributed by atoms with Gasteiger partial charge in [-0.2, -0.15) is 4.98 Å². The first-order chi connectivity index (χ1) is 10.7. The molecule has 2 atom stereocenters. The lowest BCUT2D eigenvalue weighted by atomic mass is 10.1. The van der Waals surface area contributed by atoms with Gasteiger partial charge in [-0.15, -0.1) is 0 Å². The van der Waals surface area contributed by atoms with Crippen LogP contribution in [0.3, 0.4) is 0 Å². The monoisotopic (exact) mass is 308 g/mol. The van der Waals surface area contributed by atoms with Crippen LogP contribution in [0, 0.1) is 0 Å². The van der Waals surface area contributed by atoms with Gasteiger partial charge in [-0.1, -0.05) is 5.16 Å². The van der Waals surface area contributed by atoms with E-state index >= 15 is 0 Å². The van der Waals surface area contributed by atoms with Gasteiger partial charge < -0.3 is 9.26 Å². The third-order valence-electron chi connectivity index (χ3n) is 4.83. The molecule has 22 heavy (non-hydrogen) atoms. The van der Waals surface area contributed by atoms with E-state index in [1.165, 1.54) is 12.8 Å². The van der Waals surface area contributed by atoms with Crippen molar-refractivity contribution in [2.75, 3.05) is 39.4 Å². The number of hydrogen-bond donors (Lipinski definition) is 0. The van der Waals surface area contributed by atoms with E-state index in [-0.39, 0.29) is 6.04 Å². The van der Waals surface area contributed by atoms with E-state index in [0.29, 0.717) is 12.0 Å². The van der Waals surface area contributed by atoms with Crippen molar-refractivity contribution in [1.82, 2.24) is 19.9 Å². The van der Waals surface area contributed by atoms with Gasteiger partial charge in [-0.05, 0) is 33.6 Å². The molecule has 0 bridgehead atoms. The first-order valence-electron chi connectivity index (χ1n) is 8.58. The van der Waals surface area contributed by atoms with Gasteiger partial charge in [0, 0.05) is 44.7 Å². The standard InChI is InChI=1S/C16H28N4O2/c1-4-21-10-9-19-7-8-20(11-12(19)2)13(3)16-17-15(18-22-16)14-5-6-14/h12-14H,4-11H2,1-3H3/t12-,13-/m1/s1. The highest BCUT2D eigenvalue weighted by atomic mass is 16.5. The fourth-order valence-electron chi connectivity index (χ4n) is 3.11. The molecule has 0 N–H and O–H groups in total. The van der Waals surface area contributed by atoms with Crippen molar-refractivity contribution in [2.24, 2.45) is 0 Å². The summed E-state index contributed by atoms with van der Waals surface area (Å²) < 4.78 is 11.0. The molecule has 1 saturated heterocycles. The van der Waals surface area contributed by atoms with Gasteiger partial charge in [-0.25, -0.2) is 0 Å². The summed E-state index contributed by atoms with van der Waals surface area (Å²) in [6, 6.07) is 0.735. The molecule has 1 aromatic rings. The summed E-state index contributed by atoms with van der Waals surface area (Å²) in [7, 11) is 0. The molecule has 0 unspecified atom stereocenters. The Morgan fingerprint density at radius 3 is 2.86 bits per heavy atom. The quantitative estimate of drug-likeness (QED) is 0.719. The summed E-state index contributed by atoms with van der Waals surface area (Å²) in [6.45, 7) is 12.3. The van der Waals surface area contributed by atoms with E-state index in [2.05, 4.69) is 33.8 Å². The minimum absolute atomic E-state index is 0.205. The van der Waals surface area contributed by atoms with E-state index < -0.39 is 0 Å². The summed E-state index contributed by atoms with van der Waals surface area (Å²) in [4.78, 5) is 9.55. The number of aromatic nitrogens is 2. The smallest absolute Gasteiger partial charge is 0.243 e. The molecule has 0 spiro atoms. The van der Waals surface area contributed by atoms with Crippen molar-refractivity contribution in [1.29, 1.82) is 0 Å². The molecule has 0 aromatic carbocycles. The number of nitrogens with zero attached hydrogens (tertiary/aromatic N) is 4. The maximum absolute atomic E-state index is 5.49. The first kappa shape index (κ1) is 15.9. The average Bonchev–Trinajstić information content (AvgIpc) is 3.26. The Hall–Kier alpha value is -0.980. The van der Waals surface area contributed by atoms with E-state index in [0.717, 1.165) is 51.1 Å². The van der Waals surface area contributed by atoms with E-state index in [4.69, 9.17) is 9.26 Å². The molecule has 124 valence electrons. The summed E-state index contributed by atoms with van der Waals surface area (Å²) in [5.41, 5.74) is 0. The number of piperazine rings is 1. The maximum Gasteiger partial charge on any atom is 0.243 e. The molecule has 6 heteroatoms. The molecular weight excluding hydrogens is 280 g/mol. The lowest BCUT2D eigenvalue weighted by Crippen LogP contribution is -2.53. The van der Waals surface area contributed by atoms with Crippen molar-refractivity contribution < 1.29 is 9.26 Å².